The van der Waals surface area contributed by atoms with Crippen LogP contribution < -0.4 is 0 Å². The van der Waals surface area contributed by atoms with Gasteiger partial charge in [0.1, 0.15) is 6.54 Å². The molecule has 0 atom stereocenters. The third kappa shape index (κ3) is 4.46. The van der Waals surface area contributed by atoms with Gasteiger partial charge in [-0.1, -0.05) is 63.6 Å². The second kappa shape index (κ2) is 8.22. The van der Waals surface area contributed by atoms with Crippen LogP contribution in [0, 0.1) is 0 Å². The molecule has 0 aliphatic carbocycles. The predicted octanol–water partition coefficient (Wildman–Crippen LogP) is 3.71. The highest BCUT2D eigenvalue weighted by atomic mass is 79.9. The highest BCUT2D eigenvalue weighted by Crippen LogP contribution is 2.20. The summed E-state index contributed by atoms with van der Waals surface area (Å²) < 4.78 is 8.05. The molecular formula is C19H17BrN6O. The Morgan fingerprint density at radius 1 is 1.00 bits per heavy atom. The van der Waals surface area contributed by atoms with Crippen LogP contribution in [0.5, 0.6) is 0 Å². The number of tetrazole rings is 1. The molecule has 0 amide bonds. The van der Waals surface area contributed by atoms with Gasteiger partial charge in [-0.25, -0.2) is 4.68 Å². The number of nitrogens with zero attached hydrogens (tertiary/aromatic N) is 6. The summed E-state index contributed by atoms with van der Waals surface area (Å²) in [6.45, 7) is 0.356. The Balaban J connectivity index is 1.40. The number of benzene rings is 2. The summed E-state index contributed by atoms with van der Waals surface area (Å²) in [5.41, 5.74) is 2.20. The van der Waals surface area contributed by atoms with Gasteiger partial charge in [0.05, 0.1) is 0 Å². The molecule has 0 bridgehead atoms. The van der Waals surface area contributed by atoms with Crippen molar-refractivity contribution in [1.82, 2.24) is 30.3 Å². The number of rotatable bonds is 7. The Hall–Kier alpha value is -2.87. The molecule has 136 valence electrons. The number of hydrogen-bond acceptors (Lipinski definition) is 6. The SMILES string of the molecule is Brc1cccc(-c2noc(Cn3nnnc3CCCc3ccccc3)n2)c1. The fourth-order valence-electron chi connectivity index (χ4n) is 2.81. The average molecular weight is 425 g/mol. The molecule has 0 fully saturated rings. The Bertz CT molecular complexity index is 1010. The first-order valence-electron chi connectivity index (χ1n) is 8.65. The molecule has 0 aliphatic heterocycles. The molecule has 0 saturated heterocycles. The van der Waals surface area contributed by atoms with Crippen molar-refractivity contribution in [2.24, 2.45) is 0 Å². The molecule has 2 aromatic heterocycles. The monoisotopic (exact) mass is 424 g/mol. The smallest absolute Gasteiger partial charge is 0.248 e. The summed E-state index contributed by atoms with van der Waals surface area (Å²) in [7, 11) is 0. The molecule has 2 heterocycles. The minimum atomic E-state index is 0.356. The first-order chi connectivity index (χ1) is 13.3. The molecule has 0 spiro atoms. The molecule has 27 heavy (non-hydrogen) atoms. The van der Waals surface area contributed by atoms with Gasteiger partial charge in [-0.2, -0.15) is 4.98 Å². The summed E-state index contributed by atoms with van der Waals surface area (Å²) in [5.74, 6) is 1.83. The van der Waals surface area contributed by atoms with E-state index in [0.717, 1.165) is 35.1 Å². The van der Waals surface area contributed by atoms with E-state index >= 15 is 0 Å². The minimum Gasteiger partial charge on any atom is -0.337 e. The molecule has 7 nitrogen and oxygen atoms in total. The van der Waals surface area contributed by atoms with Crippen LogP contribution in [0.25, 0.3) is 11.4 Å². The number of hydrogen-bond donors (Lipinski definition) is 0. The zero-order valence-corrected chi connectivity index (χ0v) is 16.1. The van der Waals surface area contributed by atoms with Crippen molar-refractivity contribution in [1.29, 1.82) is 0 Å². The van der Waals surface area contributed by atoms with Crippen LogP contribution in [-0.2, 0) is 19.4 Å². The topological polar surface area (TPSA) is 82.5 Å². The Morgan fingerprint density at radius 2 is 1.89 bits per heavy atom. The highest BCUT2D eigenvalue weighted by molar-refractivity contribution is 9.10. The standard InChI is InChI=1S/C19H17BrN6O/c20-16-10-5-9-15(12-16)19-21-18(27-23-19)13-26-17(22-24-25-26)11-4-8-14-6-2-1-3-7-14/h1-3,5-7,9-10,12H,4,8,11,13H2. The lowest BCUT2D eigenvalue weighted by atomic mass is 10.1. The first kappa shape index (κ1) is 17.5. The van der Waals surface area contributed by atoms with E-state index in [9.17, 15) is 0 Å². The third-order valence-electron chi connectivity index (χ3n) is 4.15. The maximum absolute atomic E-state index is 5.37. The van der Waals surface area contributed by atoms with Crippen LogP contribution in [0.4, 0.5) is 0 Å². The average Bonchev–Trinajstić information content (AvgIpc) is 3.33. The number of aryl methyl sites for hydroxylation is 2. The molecule has 4 rings (SSSR count). The van der Waals surface area contributed by atoms with Gasteiger partial charge in [0, 0.05) is 16.5 Å². The Kier molecular flexibility index (Phi) is 5.34. The third-order valence-corrected chi connectivity index (χ3v) is 4.64. The maximum atomic E-state index is 5.37. The van der Waals surface area contributed by atoms with Gasteiger partial charge in [-0.3, -0.25) is 0 Å². The van der Waals surface area contributed by atoms with Crippen LogP contribution >= 0.6 is 15.9 Å². The van der Waals surface area contributed by atoms with Gasteiger partial charge in [0.2, 0.25) is 11.7 Å². The van der Waals surface area contributed by atoms with Crippen molar-refractivity contribution >= 4 is 15.9 Å². The molecule has 4 aromatic rings. The van der Waals surface area contributed by atoms with Gasteiger partial charge in [0.25, 0.3) is 0 Å². The summed E-state index contributed by atoms with van der Waals surface area (Å²) in [4.78, 5) is 4.45. The summed E-state index contributed by atoms with van der Waals surface area (Å²) in [6, 6.07) is 18.2. The van der Waals surface area contributed by atoms with E-state index in [1.54, 1.807) is 4.68 Å². The van der Waals surface area contributed by atoms with Crippen molar-refractivity contribution in [3.05, 3.63) is 76.3 Å². The first-order valence-corrected chi connectivity index (χ1v) is 9.45. The Labute approximate surface area is 164 Å². The molecule has 0 N–H and O–H groups in total. The number of halogens is 1. The van der Waals surface area contributed by atoms with Crippen LogP contribution in [-0.4, -0.2) is 30.3 Å². The van der Waals surface area contributed by atoms with E-state index in [0.29, 0.717) is 18.3 Å². The fourth-order valence-corrected chi connectivity index (χ4v) is 3.21. The van der Waals surface area contributed by atoms with Crippen LogP contribution in [0.15, 0.2) is 63.6 Å². The molecule has 0 unspecified atom stereocenters. The second-order valence-electron chi connectivity index (χ2n) is 6.11. The molecule has 0 aliphatic rings. The zero-order chi connectivity index (χ0) is 18.5. The fraction of sp³-hybridized carbons (Fsp3) is 0.211. The van der Waals surface area contributed by atoms with Crippen molar-refractivity contribution < 1.29 is 4.52 Å². The molecule has 0 radical (unpaired) electrons. The van der Waals surface area contributed by atoms with Crippen molar-refractivity contribution in [2.75, 3.05) is 0 Å². The quantitative estimate of drug-likeness (QED) is 0.449. The molecule has 2 aromatic carbocycles. The van der Waals surface area contributed by atoms with E-state index in [2.05, 4.69) is 65.9 Å². The predicted molar refractivity (Wildman–Crippen MR) is 103 cm³/mol. The van der Waals surface area contributed by atoms with Gasteiger partial charge in [0.15, 0.2) is 5.82 Å². The Morgan fingerprint density at radius 3 is 2.74 bits per heavy atom. The van der Waals surface area contributed by atoms with Crippen LogP contribution in [0.1, 0.15) is 23.7 Å². The summed E-state index contributed by atoms with van der Waals surface area (Å²) in [6.07, 6.45) is 2.74. The van der Waals surface area contributed by atoms with E-state index in [-0.39, 0.29) is 0 Å². The largest absolute Gasteiger partial charge is 0.337 e. The van der Waals surface area contributed by atoms with E-state index in [1.807, 2.05) is 30.3 Å². The van der Waals surface area contributed by atoms with Crippen LogP contribution in [0.3, 0.4) is 0 Å². The zero-order valence-electron chi connectivity index (χ0n) is 14.5. The lowest BCUT2D eigenvalue weighted by molar-refractivity contribution is 0.362. The van der Waals surface area contributed by atoms with E-state index < -0.39 is 0 Å². The molecular weight excluding hydrogens is 408 g/mol. The summed E-state index contributed by atoms with van der Waals surface area (Å²) in [5, 5.41) is 16.0. The number of aromatic nitrogens is 6. The summed E-state index contributed by atoms with van der Waals surface area (Å²) >= 11 is 3.45. The van der Waals surface area contributed by atoms with E-state index in [1.165, 1.54) is 5.56 Å². The van der Waals surface area contributed by atoms with Crippen molar-refractivity contribution in [2.45, 2.75) is 25.8 Å². The minimum absolute atomic E-state index is 0.356. The van der Waals surface area contributed by atoms with Gasteiger partial charge in [-0.05, 0) is 41.0 Å². The van der Waals surface area contributed by atoms with Gasteiger partial charge >= 0.3 is 0 Å². The molecule has 0 saturated carbocycles. The highest BCUT2D eigenvalue weighted by Gasteiger charge is 2.13. The van der Waals surface area contributed by atoms with Crippen molar-refractivity contribution in [3.63, 3.8) is 0 Å². The lowest BCUT2D eigenvalue weighted by Crippen LogP contribution is -2.08. The van der Waals surface area contributed by atoms with Gasteiger partial charge in [-0.15, -0.1) is 5.10 Å². The van der Waals surface area contributed by atoms with E-state index in [4.69, 9.17) is 4.52 Å². The van der Waals surface area contributed by atoms with Crippen LogP contribution in [0.2, 0.25) is 0 Å². The van der Waals surface area contributed by atoms with Crippen molar-refractivity contribution in [3.8, 4) is 11.4 Å². The molecule has 8 heteroatoms. The second-order valence-corrected chi connectivity index (χ2v) is 7.03. The normalized spacial score (nSPS) is 11.0. The van der Waals surface area contributed by atoms with Gasteiger partial charge < -0.3 is 4.52 Å². The lowest BCUT2D eigenvalue weighted by Gasteiger charge is -2.02. The maximum Gasteiger partial charge on any atom is 0.248 e.